The number of hydrogen-bond acceptors (Lipinski definition) is 3. The Labute approximate surface area is 98.9 Å². The standard InChI is InChI=1S/C13H25NO2/c1-11(9-12-4-5-12)14-6-8-15-10-13-3-2-7-16-13/h11-14H,2-10H2,1H3. The van der Waals surface area contributed by atoms with Crippen LogP contribution in [0.2, 0.25) is 0 Å². The van der Waals surface area contributed by atoms with Crippen molar-refractivity contribution in [3.63, 3.8) is 0 Å². The van der Waals surface area contributed by atoms with Crippen molar-refractivity contribution in [2.75, 3.05) is 26.4 Å². The van der Waals surface area contributed by atoms with E-state index in [0.29, 0.717) is 12.1 Å². The maximum atomic E-state index is 5.60. The maximum absolute atomic E-state index is 5.60. The fraction of sp³-hybridized carbons (Fsp3) is 1.00. The first kappa shape index (κ1) is 12.3. The van der Waals surface area contributed by atoms with E-state index >= 15 is 0 Å². The van der Waals surface area contributed by atoms with Crippen molar-refractivity contribution in [3.05, 3.63) is 0 Å². The Kier molecular flexibility index (Phi) is 5.07. The Morgan fingerprint density at radius 1 is 1.38 bits per heavy atom. The van der Waals surface area contributed by atoms with Gasteiger partial charge in [-0.25, -0.2) is 0 Å². The first-order chi connectivity index (χ1) is 7.84. The lowest BCUT2D eigenvalue weighted by atomic mass is 10.2. The fourth-order valence-corrected chi connectivity index (χ4v) is 2.30. The van der Waals surface area contributed by atoms with Gasteiger partial charge >= 0.3 is 0 Å². The smallest absolute Gasteiger partial charge is 0.0809 e. The second kappa shape index (κ2) is 6.58. The zero-order valence-corrected chi connectivity index (χ0v) is 10.4. The van der Waals surface area contributed by atoms with Gasteiger partial charge in [0.15, 0.2) is 0 Å². The lowest BCUT2D eigenvalue weighted by molar-refractivity contribution is 0.0179. The molecule has 0 amide bonds. The Bertz CT molecular complexity index is 188. The number of nitrogens with one attached hydrogen (secondary N) is 1. The van der Waals surface area contributed by atoms with Crippen LogP contribution in [0.3, 0.4) is 0 Å². The van der Waals surface area contributed by atoms with Gasteiger partial charge in [0, 0.05) is 19.2 Å². The summed E-state index contributed by atoms with van der Waals surface area (Å²) in [5.74, 6) is 1.01. The fourth-order valence-electron chi connectivity index (χ4n) is 2.30. The van der Waals surface area contributed by atoms with Gasteiger partial charge in [-0.2, -0.15) is 0 Å². The van der Waals surface area contributed by atoms with Crippen LogP contribution in [-0.4, -0.2) is 38.5 Å². The summed E-state index contributed by atoms with van der Waals surface area (Å²) >= 11 is 0. The molecule has 1 aliphatic carbocycles. The van der Waals surface area contributed by atoms with E-state index in [-0.39, 0.29) is 0 Å². The van der Waals surface area contributed by atoms with E-state index in [0.717, 1.165) is 32.3 Å². The SMILES string of the molecule is CC(CC1CC1)NCCOCC1CCCO1. The van der Waals surface area contributed by atoms with Crippen LogP contribution in [0, 0.1) is 5.92 Å². The monoisotopic (exact) mass is 227 g/mol. The summed E-state index contributed by atoms with van der Waals surface area (Å²) in [7, 11) is 0. The zero-order valence-electron chi connectivity index (χ0n) is 10.4. The third-order valence-corrected chi connectivity index (χ3v) is 3.45. The van der Waals surface area contributed by atoms with Crippen LogP contribution in [0.1, 0.15) is 39.0 Å². The molecule has 2 aliphatic rings. The maximum Gasteiger partial charge on any atom is 0.0809 e. The molecule has 1 saturated heterocycles. The van der Waals surface area contributed by atoms with Crippen molar-refractivity contribution < 1.29 is 9.47 Å². The second-order valence-corrected chi connectivity index (χ2v) is 5.24. The molecule has 1 N–H and O–H groups in total. The number of rotatable bonds is 8. The second-order valence-electron chi connectivity index (χ2n) is 5.24. The highest BCUT2D eigenvalue weighted by Crippen LogP contribution is 2.33. The molecule has 2 fully saturated rings. The van der Waals surface area contributed by atoms with E-state index in [4.69, 9.17) is 9.47 Å². The normalized spacial score (nSPS) is 27.2. The van der Waals surface area contributed by atoms with Crippen molar-refractivity contribution in [1.29, 1.82) is 0 Å². The average Bonchev–Trinajstić information content (AvgIpc) is 2.93. The van der Waals surface area contributed by atoms with Gasteiger partial charge in [-0.15, -0.1) is 0 Å². The first-order valence-corrected chi connectivity index (χ1v) is 6.77. The first-order valence-electron chi connectivity index (χ1n) is 6.77. The number of hydrogen-bond donors (Lipinski definition) is 1. The molecule has 2 unspecified atom stereocenters. The molecular formula is C13H25NO2. The van der Waals surface area contributed by atoms with Crippen LogP contribution in [-0.2, 0) is 9.47 Å². The molecule has 16 heavy (non-hydrogen) atoms. The largest absolute Gasteiger partial charge is 0.377 e. The topological polar surface area (TPSA) is 30.5 Å². The highest BCUT2D eigenvalue weighted by atomic mass is 16.5. The predicted octanol–water partition coefficient (Wildman–Crippen LogP) is 1.96. The third kappa shape index (κ3) is 4.81. The van der Waals surface area contributed by atoms with Crippen molar-refractivity contribution in [3.8, 4) is 0 Å². The summed E-state index contributed by atoms with van der Waals surface area (Å²) < 4.78 is 11.1. The molecule has 0 radical (unpaired) electrons. The molecule has 2 rings (SSSR count). The van der Waals surface area contributed by atoms with Crippen molar-refractivity contribution >= 4 is 0 Å². The number of ether oxygens (including phenoxy) is 2. The third-order valence-electron chi connectivity index (χ3n) is 3.45. The summed E-state index contributed by atoms with van der Waals surface area (Å²) in [6, 6.07) is 0.652. The molecule has 94 valence electrons. The van der Waals surface area contributed by atoms with Gasteiger partial charge in [0.2, 0.25) is 0 Å². The summed E-state index contributed by atoms with van der Waals surface area (Å²) in [6.07, 6.45) is 6.97. The summed E-state index contributed by atoms with van der Waals surface area (Å²) in [4.78, 5) is 0. The lowest BCUT2D eigenvalue weighted by Gasteiger charge is -2.14. The van der Waals surface area contributed by atoms with Gasteiger partial charge < -0.3 is 14.8 Å². The molecule has 0 bridgehead atoms. The minimum Gasteiger partial charge on any atom is -0.377 e. The van der Waals surface area contributed by atoms with Gasteiger partial charge in [-0.05, 0) is 32.1 Å². The summed E-state index contributed by atoms with van der Waals surface area (Å²) in [6.45, 7) is 5.76. The molecule has 1 heterocycles. The van der Waals surface area contributed by atoms with Gasteiger partial charge in [0.25, 0.3) is 0 Å². The van der Waals surface area contributed by atoms with Crippen LogP contribution < -0.4 is 5.32 Å². The Balaban J connectivity index is 1.39. The molecule has 0 aromatic rings. The van der Waals surface area contributed by atoms with E-state index in [1.54, 1.807) is 0 Å². The molecule has 0 spiro atoms. The quantitative estimate of drug-likeness (QED) is 0.643. The summed E-state index contributed by atoms with van der Waals surface area (Å²) in [5, 5.41) is 3.51. The van der Waals surface area contributed by atoms with Gasteiger partial charge in [-0.1, -0.05) is 12.8 Å². The molecule has 0 aromatic heterocycles. The highest BCUT2D eigenvalue weighted by Gasteiger charge is 2.23. The predicted molar refractivity (Wildman–Crippen MR) is 64.6 cm³/mol. The van der Waals surface area contributed by atoms with Crippen LogP contribution in [0.4, 0.5) is 0 Å². The molecule has 1 saturated carbocycles. The molecule has 1 aliphatic heterocycles. The van der Waals surface area contributed by atoms with E-state index in [9.17, 15) is 0 Å². The van der Waals surface area contributed by atoms with Crippen molar-refractivity contribution in [2.45, 2.75) is 51.2 Å². The van der Waals surface area contributed by atoms with E-state index in [2.05, 4.69) is 12.2 Å². The lowest BCUT2D eigenvalue weighted by Crippen LogP contribution is -2.30. The molecule has 3 heteroatoms. The average molecular weight is 227 g/mol. The Morgan fingerprint density at radius 3 is 2.94 bits per heavy atom. The van der Waals surface area contributed by atoms with Gasteiger partial charge in [0.05, 0.1) is 19.3 Å². The van der Waals surface area contributed by atoms with E-state index < -0.39 is 0 Å². The molecule has 0 aromatic carbocycles. The van der Waals surface area contributed by atoms with Crippen LogP contribution >= 0.6 is 0 Å². The Hall–Kier alpha value is -0.120. The molecule has 2 atom stereocenters. The summed E-state index contributed by atoms with van der Waals surface area (Å²) in [5.41, 5.74) is 0. The highest BCUT2D eigenvalue weighted by molar-refractivity contribution is 4.77. The van der Waals surface area contributed by atoms with E-state index in [1.807, 2.05) is 0 Å². The minimum absolute atomic E-state index is 0.365. The van der Waals surface area contributed by atoms with E-state index in [1.165, 1.54) is 32.1 Å². The van der Waals surface area contributed by atoms with Crippen molar-refractivity contribution in [2.24, 2.45) is 5.92 Å². The van der Waals surface area contributed by atoms with Crippen LogP contribution in [0.25, 0.3) is 0 Å². The van der Waals surface area contributed by atoms with Crippen molar-refractivity contribution in [1.82, 2.24) is 5.32 Å². The van der Waals surface area contributed by atoms with Gasteiger partial charge in [-0.3, -0.25) is 0 Å². The molecular weight excluding hydrogens is 202 g/mol. The minimum atomic E-state index is 0.365. The molecule has 3 nitrogen and oxygen atoms in total. The Morgan fingerprint density at radius 2 is 2.25 bits per heavy atom. The zero-order chi connectivity index (χ0) is 11.2. The van der Waals surface area contributed by atoms with Crippen LogP contribution in [0.5, 0.6) is 0 Å². The van der Waals surface area contributed by atoms with Gasteiger partial charge in [0.1, 0.15) is 0 Å². The van der Waals surface area contributed by atoms with Crippen LogP contribution in [0.15, 0.2) is 0 Å².